The van der Waals surface area contributed by atoms with Crippen molar-refractivity contribution >= 4 is 11.8 Å². The molecule has 0 fully saturated rings. The van der Waals surface area contributed by atoms with Crippen LogP contribution in [-0.2, 0) is 5.41 Å². The van der Waals surface area contributed by atoms with Gasteiger partial charge in [-0.1, -0.05) is 145 Å². The molecule has 1 aliphatic heterocycles. The first-order valence-corrected chi connectivity index (χ1v) is 18.1. The van der Waals surface area contributed by atoms with Gasteiger partial charge >= 0.3 is 0 Å². The summed E-state index contributed by atoms with van der Waals surface area (Å²) in [4.78, 5) is 17.9. The topological polar surface area (TPSA) is 62.5 Å². The van der Waals surface area contributed by atoms with Crippen molar-refractivity contribution in [1.29, 1.82) is 5.26 Å². The maximum atomic E-state index is 9.31. The number of rotatable bonds is 4. The summed E-state index contributed by atoms with van der Waals surface area (Å²) < 4.78 is 0. The lowest BCUT2D eigenvalue weighted by molar-refractivity contribution is 0.722. The van der Waals surface area contributed by atoms with Gasteiger partial charge in [0.25, 0.3) is 0 Å². The SMILES string of the molecule is N#Cc1ccc(-c2cccc(-c3nc(-c4ccccc4)nc(-c4ccc5c(c4)C4(c6ccccc6Sc6ccccc64)c4ccccc4-5)n3)c2)cc1. The van der Waals surface area contributed by atoms with Crippen molar-refractivity contribution < 1.29 is 0 Å². The highest BCUT2D eigenvalue weighted by molar-refractivity contribution is 7.99. The fraction of sp³-hybridized carbons (Fsp3) is 0.0213. The maximum absolute atomic E-state index is 9.31. The average molecular weight is 681 g/mol. The number of fused-ring (bicyclic) bond motifs is 9. The summed E-state index contributed by atoms with van der Waals surface area (Å²) in [6.07, 6.45) is 0. The highest BCUT2D eigenvalue weighted by atomic mass is 32.2. The Bertz CT molecular complexity index is 2680. The second-order valence-corrected chi connectivity index (χ2v) is 14.2. The highest BCUT2D eigenvalue weighted by Crippen LogP contribution is 2.62. The Morgan fingerprint density at radius 3 is 1.62 bits per heavy atom. The van der Waals surface area contributed by atoms with Crippen molar-refractivity contribution in [3.8, 4) is 62.5 Å². The summed E-state index contributed by atoms with van der Waals surface area (Å²) in [6.45, 7) is 0. The molecule has 1 aromatic heterocycles. The van der Waals surface area contributed by atoms with Crippen molar-refractivity contribution in [2.75, 3.05) is 0 Å². The Morgan fingerprint density at radius 2 is 0.923 bits per heavy atom. The lowest BCUT2D eigenvalue weighted by atomic mass is 9.67. The lowest BCUT2D eigenvalue weighted by Crippen LogP contribution is -2.31. The summed E-state index contributed by atoms with van der Waals surface area (Å²) in [5, 5.41) is 9.31. The fourth-order valence-corrected chi connectivity index (χ4v) is 9.11. The quantitative estimate of drug-likeness (QED) is 0.185. The molecule has 10 rings (SSSR count). The first-order chi connectivity index (χ1) is 25.7. The molecule has 52 heavy (non-hydrogen) atoms. The van der Waals surface area contributed by atoms with Crippen molar-refractivity contribution in [1.82, 2.24) is 15.0 Å². The molecule has 2 aliphatic rings. The van der Waals surface area contributed by atoms with Crippen LogP contribution in [0.15, 0.2) is 180 Å². The standard InChI is InChI=1S/C47H28N4S/c48-29-30-21-23-31(24-22-30)33-13-10-14-34(27-33)45-49-44(32-11-2-1-3-12-32)50-46(51-45)35-25-26-37-36-15-4-5-16-38(36)47(41(37)28-35)39-17-6-8-19-42(39)52-43-20-9-7-18-40(43)47/h1-28H. The van der Waals surface area contributed by atoms with Gasteiger partial charge in [0.05, 0.1) is 17.0 Å². The van der Waals surface area contributed by atoms with Crippen LogP contribution in [0.1, 0.15) is 27.8 Å². The largest absolute Gasteiger partial charge is 0.208 e. The van der Waals surface area contributed by atoms with E-state index in [1.807, 2.05) is 78.5 Å². The van der Waals surface area contributed by atoms with Gasteiger partial charge in [-0.25, -0.2) is 15.0 Å². The molecule has 1 spiro atoms. The van der Waals surface area contributed by atoms with Gasteiger partial charge in [0, 0.05) is 26.5 Å². The Labute approximate surface area is 306 Å². The molecule has 0 radical (unpaired) electrons. The van der Waals surface area contributed by atoms with Crippen LogP contribution >= 0.6 is 11.8 Å². The first kappa shape index (κ1) is 30.2. The fourth-order valence-electron chi connectivity index (χ4n) is 7.92. The third-order valence-corrected chi connectivity index (χ3v) is 11.4. The second-order valence-electron chi connectivity index (χ2n) is 13.1. The molecule has 7 aromatic carbocycles. The molecule has 0 atom stereocenters. The maximum Gasteiger partial charge on any atom is 0.164 e. The van der Waals surface area contributed by atoms with Gasteiger partial charge in [-0.3, -0.25) is 0 Å². The summed E-state index contributed by atoms with van der Waals surface area (Å²) in [5.41, 5.74) is 12.5. The Kier molecular flexibility index (Phi) is 6.99. The minimum Gasteiger partial charge on any atom is -0.208 e. The minimum absolute atomic E-state index is 0.492. The monoisotopic (exact) mass is 680 g/mol. The third kappa shape index (κ3) is 4.66. The zero-order chi connectivity index (χ0) is 34.6. The first-order valence-electron chi connectivity index (χ1n) is 17.2. The molecular weight excluding hydrogens is 653 g/mol. The van der Waals surface area contributed by atoms with E-state index in [-0.39, 0.29) is 0 Å². The highest BCUT2D eigenvalue weighted by Gasteiger charge is 2.50. The Morgan fingerprint density at radius 1 is 0.404 bits per heavy atom. The van der Waals surface area contributed by atoms with E-state index in [1.165, 1.54) is 43.2 Å². The number of nitrogens with zero attached hydrogens (tertiary/aromatic N) is 4. The van der Waals surface area contributed by atoms with Crippen LogP contribution in [0.4, 0.5) is 0 Å². The smallest absolute Gasteiger partial charge is 0.164 e. The van der Waals surface area contributed by atoms with E-state index in [0.717, 1.165) is 27.8 Å². The molecular formula is C47H28N4S. The lowest BCUT2D eigenvalue weighted by Gasteiger charge is -2.39. The van der Waals surface area contributed by atoms with Gasteiger partial charge in [-0.15, -0.1) is 0 Å². The molecule has 4 nitrogen and oxygen atoms in total. The Balaban J connectivity index is 1.19. The Hall–Kier alpha value is -6.61. The predicted molar refractivity (Wildman–Crippen MR) is 208 cm³/mol. The van der Waals surface area contributed by atoms with Crippen LogP contribution in [0.5, 0.6) is 0 Å². The molecule has 0 unspecified atom stereocenters. The molecule has 0 N–H and O–H groups in total. The van der Waals surface area contributed by atoms with Crippen LogP contribution in [-0.4, -0.2) is 15.0 Å². The summed E-state index contributed by atoms with van der Waals surface area (Å²) in [7, 11) is 0. The van der Waals surface area contributed by atoms with Crippen molar-refractivity contribution in [3.63, 3.8) is 0 Å². The van der Waals surface area contributed by atoms with Crippen LogP contribution < -0.4 is 0 Å². The van der Waals surface area contributed by atoms with Crippen LogP contribution in [0, 0.1) is 11.3 Å². The minimum atomic E-state index is -0.492. The summed E-state index contributed by atoms with van der Waals surface area (Å²) in [6, 6.07) is 61.5. The van der Waals surface area contributed by atoms with Gasteiger partial charge in [0.2, 0.25) is 0 Å². The molecule has 0 saturated heterocycles. The van der Waals surface area contributed by atoms with E-state index >= 15 is 0 Å². The van der Waals surface area contributed by atoms with E-state index in [9.17, 15) is 5.26 Å². The molecule has 0 amide bonds. The van der Waals surface area contributed by atoms with Crippen molar-refractivity contribution in [2.45, 2.75) is 15.2 Å². The van der Waals surface area contributed by atoms with E-state index in [4.69, 9.17) is 15.0 Å². The zero-order valence-corrected chi connectivity index (χ0v) is 28.7. The average Bonchev–Trinajstić information content (AvgIpc) is 3.51. The molecule has 2 heterocycles. The van der Waals surface area contributed by atoms with Gasteiger partial charge in [-0.2, -0.15) is 5.26 Å². The second kappa shape index (κ2) is 12.0. The number of aromatic nitrogens is 3. The van der Waals surface area contributed by atoms with Gasteiger partial charge in [0.15, 0.2) is 17.5 Å². The van der Waals surface area contributed by atoms with E-state index in [1.54, 1.807) is 0 Å². The van der Waals surface area contributed by atoms with E-state index in [2.05, 4.69) is 109 Å². The van der Waals surface area contributed by atoms with E-state index < -0.39 is 5.41 Å². The van der Waals surface area contributed by atoms with Gasteiger partial charge < -0.3 is 0 Å². The van der Waals surface area contributed by atoms with Gasteiger partial charge in [0.1, 0.15) is 0 Å². The van der Waals surface area contributed by atoms with Crippen LogP contribution in [0.3, 0.4) is 0 Å². The van der Waals surface area contributed by atoms with Crippen molar-refractivity contribution in [3.05, 3.63) is 198 Å². The third-order valence-electron chi connectivity index (χ3n) is 10.2. The van der Waals surface area contributed by atoms with Gasteiger partial charge in [-0.05, 0) is 80.9 Å². The summed E-state index contributed by atoms with van der Waals surface area (Å²) >= 11 is 1.85. The van der Waals surface area contributed by atoms with Crippen LogP contribution in [0.25, 0.3) is 56.4 Å². The van der Waals surface area contributed by atoms with Crippen molar-refractivity contribution in [2.24, 2.45) is 0 Å². The summed E-state index contributed by atoms with van der Waals surface area (Å²) in [5.74, 6) is 1.84. The predicted octanol–water partition coefficient (Wildman–Crippen LogP) is 11.2. The zero-order valence-electron chi connectivity index (χ0n) is 27.9. The molecule has 1 aliphatic carbocycles. The molecule has 5 heteroatoms. The normalized spacial score (nSPS) is 13.1. The number of benzene rings is 7. The number of hydrogen-bond acceptors (Lipinski definition) is 5. The molecule has 8 aromatic rings. The number of nitriles is 1. The van der Waals surface area contributed by atoms with Crippen LogP contribution in [0.2, 0.25) is 0 Å². The number of hydrogen-bond donors (Lipinski definition) is 0. The molecule has 0 bridgehead atoms. The molecule has 242 valence electrons. The molecule has 0 saturated carbocycles. The van der Waals surface area contributed by atoms with E-state index in [0.29, 0.717) is 23.0 Å².